The van der Waals surface area contributed by atoms with E-state index in [1.165, 1.54) is 27.7 Å². The number of nitrogens with one attached hydrogen (secondary N) is 1. The van der Waals surface area contributed by atoms with Gasteiger partial charge in [0.25, 0.3) is 0 Å². The number of rotatable bonds is 3. The molecule has 4 rings (SSSR count). The highest BCUT2D eigenvalue weighted by Crippen LogP contribution is 2.32. The average molecular weight is 307 g/mol. The third-order valence-electron chi connectivity index (χ3n) is 4.88. The molecule has 0 saturated heterocycles. The minimum absolute atomic E-state index is 0.506. The van der Waals surface area contributed by atoms with Crippen molar-refractivity contribution in [1.29, 1.82) is 0 Å². The summed E-state index contributed by atoms with van der Waals surface area (Å²) in [4.78, 5) is 4.02. The summed E-state index contributed by atoms with van der Waals surface area (Å²) in [6.07, 6.45) is 4.64. The molecule has 0 bridgehead atoms. The normalized spacial score (nSPS) is 15.6. The topological polar surface area (TPSA) is 50.1 Å². The zero-order chi connectivity index (χ0) is 15.8. The number of fused-ring (bicyclic) bond motifs is 3. The van der Waals surface area contributed by atoms with Crippen molar-refractivity contribution in [3.05, 3.63) is 65.1 Å². The van der Waals surface area contributed by atoms with Crippen LogP contribution < -0.4 is 5.32 Å². The van der Waals surface area contributed by atoms with E-state index in [0.717, 1.165) is 25.1 Å². The lowest BCUT2D eigenvalue weighted by Crippen LogP contribution is -2.24. The first-order valence-corrected chi connectivity index (χ1v) is 8.12. The predicted molar refractivity (Wildman–Crippen MR) is 91.2 cm³/mol. The Morgan fingerprint density at radius 1 is 1.26 bits per heavy atom. The molecular weight excluding hydrogens is 286 g/mol. The second-order valence-electron chi connectivity index (χ2n) is 6.22. The SMILES string of the molecule is Cn1c2c(c3cccc(CC(O)c4ccncc4)c31)CCNC2. The quantitative estimate of drug-likeness (QED) is 0.781. The van der Waals surface area contributed by atoms with Crippen LogP contribution in [0.15, 0.2) is 42.7 Å². The van der Waals surface area contributed by atoms with Gasteiger partial charge in [0.15, 0.2) is 0 Å². The number of benzene rings is 1. The van der Waals surface area contributed by atoms with Gasteiger partial charge in [-0.15, -0.1) is 0 Å². The first kappa shape index (κ1) is 14.4. The van der Waals surface area contributed by atoms with Gasteiger partial charge in [0.1, 0.15) is 0 Å². The van der Waals surface area contributed by atoms with Crippen molar-refractivity contribution in [2.24, 2.45) is 7.05 Å². The van der Waals surface area contributed by atoms with Crippen LogP contribution in [0.4, 0.5) is 0 Å². The largest absolute Gasteiger partial charge is 0.388 e. The third kappa shape index (κ3) is 2.44. The maximum Gasteiger partial charge on any atom is 0.0832 e. The Kier molecular flexibility index (Phi) is 3.63. The highest BCUT2D eigenvalue weighted by Gasteiger charge is 2.20. The van der Waals surface area contributed by atoms with Crippen molar-refractivity contribution in [2.75, 3.05) is 6.54 Å². The summed E-state index contributed by atoms with van der Waals surface area (Å²) < 4.78 is 2.30. The van der Waals surface area contributed by atoms with Crippen molar-refractivity contribution >= 4 is 10.9 Å². The van der Waals surface area contributed by atoms with E-state index in [2.05, 4.69) is 40.1 Å². The molecule has 0 spiro atoms. The van der Waals surface area contributed by atoms with E-state index in [-0.39, 0.29) is 0 Å². The van der Waals surface area contributed by atoms with Crippen molar-refractivity contribution in [3.63, 3.8) is 0 Å². The van der Waals surface area contributed by atoms with Crippen LogP contribution in [-0.4, -0.2) is 21.2 Å². The predicted octanol–water partition coefficient (Wildman–Crippen LogP) is 2.50. The van der Waals surface area contributed by atoms with E-state index in [1.807, 2.05) is 12.1 Å². The summed E-state index contributed by atoms with van der Waals surface area (Å²) in [7, 11) is 2.14. The van der Waals surface area contributed by atoms with Gasteiger partial charge in [-0.05, 0) is 41.8 Å². The lowest BCUT2D eigenvalue weighted by atomic mass is 9.98. The molecule has 3 heterocycles. The first-order chi connectivity index (χ1) is 11.3. The Hall–Kier alpha value is -2.17. The molecule has 0 radical (unpaired) electrons. The van der Waals surface area contributed by atoms with Gasteiger partial charge < -0.3 is 15.0 Å². The number of nitrogens with zero attached hydrogens (tertiary/aromatic N) is 2. The first-order valence-electron chi connectivity index (χ1n) is 8.12. The van der Waals surface area contributed by atoms with Crippen LogP contribution in [-0.2, 0) is 26.4 Å². The van der Waals surface area contributed by atoms with Crippen LogP contribution in [0.1, 0.15) is 28.5 Å². The lowest BCUT2D eigenvalue weighted by Gasteiger charge is -2.15. The highest BCUT2D eigenvalue weighted by atomic mass is 16.3. The lowest BCUT2D eigenvalue weighted by molar-refractivity contribution is 0.178. The molecule has 4 heteroatoms. The number of para-hydroxylation sites is 1. The van der Waals surface area contributed by atoms with Crippen molar-refractivity contribution in [3.8, 4) is 0 Å². The second kappa shape index (κ2) is 5.80. The maximum atomic E-state index is 10.6. The summed E-state index contributed by atoms with van der Waals surface area (Å²) in [6, 6.07) is 10.2. The molecule has 1 atom stereocenters. The van der Waals surface area contributed by atoms with E-state index >= 15 is 0 Å². The Morgan fingerprint density at radius 2 is 2.09 bits per heavy atom. The summed E-state index contributed by atoms with van der Waals surface area (Å²) >= 11 is 0. The number of hydrogen-bond donors (Lipinski definition) is 2. The summed E-state index contributed by atoms with van der Waals surface area (Å²) in [6.45, 7) is 1.96. The zero-order valence-electron chi connectivity index (χ0n) is 13.3. The molecule has 2 aromatic heterocycles. The molecule has 0 saturated carbocycles. The van der Waals surface area contributed by atoms with Gasteiger partial charge in [0.2, 0.25) is 0 Å². The van der Waals surface area contributed by atoms with E-state index in [4.69, 9.17) is 0 Å². The standard InChI is InChI=1S/C19H21N3O/c1-22-17-12-21-10-7-15(17)16-4-2-3-14(19(16)22)11-18(23)13-5-8-20-9-6-13/h2-6,8-9,18,21,23H,7,10-12H2,1H3. The van der Waals surface area contributed by atoms with Crippen LogP contribution in [0.25, 0.3) is 10.9 Å². The third-order valence-corrected chi connectivity index (χ3v) is 4.88. The van der Waals surface area contributed by atoms with E-state index in [0.29, 0.717) is 6.42 Å². The Morgan fingerprint density at radius 3 is 2.91 bits per heavy atom. The molecule has 23 heavy (non-hydrogen) atoms. The number of aliphatic hydroxyl groups is 1. The number of pyridine rings is 1. The molecule has 1 aromatic carbocycles. The Balaban J connectivity index is 1.77. The number of aromatic nitrogens is 2. The molecule has 3 aromatic rings. The molecule has 0 amide bonds. The fraction of sp³-hybridized carbons (Fsp3) is 0.316. The Labute approximate surface area is 135 Å². The van der Waals surface area contributed by atoms with Gasteiger partial charge >= 0.3 is 0 Å². The van der Waals surface area contributed by atoms with E-state index in [1.54, 1.807) is 12.4 Å². The summed E-state index contributed by atoms with van der Waals surface area (Å²) in [5, 5.41) is 15.4. The minimum Gasteiger partial charge on any atom is -0.388 e. The fourth-order valence-electron chi connectivity index (χ4n) is 3.72. The van der Waals surface area contributed by atoms with E-state index < -0.39 is 6.10 Å². The van der Waals surface area contributed by atoms with Gasteiger partial charge in [-0.1, -0.05) is 18.2 Å². The van der Waals surface area contributed by atoms with Gasteiger partial charge in [-0.25, -0.2) is 0 Å². The fourth-order valence-corrected chi connectivity index (χ4v) is 3.72. The average Bonchev–Trinajstić information content (AvgIpc) is 2.90. The monoisotopic (exact) mass is 307 g/mol. The highest BCUT2D eigenvalue weighted by molar-refractivity contribution is 5.88. The van der Waals surface area contributed by atoms with E-state index in [9.17, 15) is 5.11 Å². The molecule has 4 nitrogen and oxygen atoms in total. The molecule has 118 valence electrons. The van der Waals surface area contributed by atoms with Crippen LogP contribution in [0.3, 0.4) is 0 Å². The minimum atomic E-state index is -0.506. The molecule has 1 unspecified atom stereocenters. The zero-order valence-corrected chi connectivity index (χ0v) is 13.3. The molecule has 1 aliphatic rings. The summed E-state index contributed by atoms with van der Waals surface area (Å²) in [5.74, 6) is 0. The van der Waals surface area contributed by atoms with Crippen LogP contribution in [0, 0.1) is 0 Å². The molecular formula is C19H21N3O. The van der Waals surface area contributed by atoms with Crippen molar-refractivity contribution in [2.45, 2.75) is 25.5 Å². The van der Waals surface area contributed by atoms with Crippen molar-refractivity contribution in [1.82, 2.24) is 14.9 Å². The van der Waals surface area contributed by atoms with Gasteiger partial charge in [-0.2, -0.15) is 0 Å². The molecule has 0 aliphatic carbocycles. The number of hydrogen-bond acceptors (Lipinski definition) is 3. The van der Waals surface area contributed by atoms with Crippen molar-refractivity contribution < 1.29 is 5.11 Å². The number of aliphatic hydroxyl groups excluding tert-OH is 1. The van der Waals surface area contributed by atoms with Gasteiger partial charge in [0, 0.05) is 43.5 Å². The smallest absolute Gasteiger partial charge is 0.0832 e. The van der Waals surface area contributed by atoms with Crippen LogP contribution in [0.5, 0.6) is 0 Å². The summed E-state index contributed by atoms with van der Waals surface area (Å²) in [5.41, 5.74) is 6.20. The second-order valence-corrected chi connectivity index (χ2v) is 6.22. The molecule has 2 N–H and O–H groups in total. The Bertz CT molecular complexity index is 839. The van der Waals surface area contributed by atoms with Crippen LogP contribution >= 0.6 is 0 Å². The van der Waals surface area contributed by atoms with Gasteiger partial charge in [0.05, 0.1) is 11.6 Å². The van der Waals surface area contributed by atoms with Crippen LogP contribution in [0.2, 0.25) is 0 Å². The number of aryl methyl sites for hydroxylation is 1. The molecule has 0 fully saturated rings. The van der Waals surface area contributed by atoms with Gasteiger partial charge in [-0.3, -0.25) is 4.98 Å². The molecule has 1 aliphatic heterocycles. The maximum absolute atomic E-state index is 10.6.